The zero-order valence-corrected chi connectivity index (χ0v) is 10.6. The molecule has 0 fully saturated rings. The first kappa shape index (κ1) is 13.4. The van der Waals surface area contributed by atoms with Crippen LogP contribution < -0.4 is 22.6 Å². The minimum Gasteiger partial charge on any atom is -0.440 e. The highest BCUT2D eigenvalue weighted by Crippen LogP contribution is 2.24. The first-order valence-electron chi connectivity index (χ1n) is 5.45. The number of hydrogen-bond acceptors (Lipinski definition) is 5. The number of nitrogen functional groups attached to an aromatic ring is 1. The summed E-state index contributed by atoms with van der Waals surface area (Å²) in [4.78, 5) is 23.2. The largest absolute Gasteiger partial charge is 0.440 e. The Morgan fingerprint density at radius 1 is 1.42 bits per heavy atom. The maximum Gasteiger partial charge on any atom is 0.219 e. The molecule has 0 saturated carbocycles. The molecule has 0 aliphatic rings. The van der Waals surface area contributed by atoms with Gasteiger partial charge in [0.25, 0.3) is 0 Å². The van der Waals surface area contributed by atoms with E-state index in [2.05, 4.69) is 0 Å². The molecule has 0 radical (unpaired) electrons. The molecule has 2 aromatic rings. The molecule has 0 bridgehead atoms. The number of rotatable bonds is 3. The molecule has 0 aliphatic heterocycles. The molecular weight excluding hydrogens is 270 g/mol. The van der Waals surface area contributed by atoms with Gasteiger partial charge in [0.05, 0.1) is 10.9 Å². The first-order chi connectivity index (χ1) is 8.90. The van der Waals surface area contributed by atoms with Crippen molar-refractivity contribution in [1.29, 1.82) is 0 Å². The molecular formula is C12H12ClN3O3. The summed E-state index contributed by atoms with van der Waals surface area (Å²) in [5.74, 6) is -0.744. The Morgan fingerprint density at radius 2 is 2.11 bits per heavy atom. The number of benzene rings is 1. The van der Waals surface area contributed by atoms with Gasteiger partial charge in [0.15, 0.2) is 11.3 Å². The van der Waals surface area contributed by atoms with Crippen LogP contribution in [0.2, 0.25) is 5.02 Å². The van der Waals surface area contributed by atoms with Crippen LogP contribution in [0.4, 0.5) is 5.88 Å². The molecule has 0 spiro atoms. The predicted octanol–water partition coefficient (Wildman–Crippen LogP) is 0.904. The normalized spacial score (nSPS) is 12.5. The summed E-state index contributed by atoms with van der Waals surface area (Å²) in [5, 5.41) is 0.649. The second kappa shape index (κ2) is 4.91. The smallest absolute Gasteiger partial charge is 0.219 e. The van der Waals surface area contributed by atoms with Crippen molar-refractivity contribution in [1.82, 2.24) is 0 Å². The minimum atomic E-state index is -0.905. The summed E-state index contributed by atoms with van der Waals surface area (Å²) in [6.07, 6.45) is -0.193. The maximum atomic E-state index is 12.3. The first-order valence-corrected chi connectivity index (χ1v) is 5.83. The van der Waals surface area contributed by atoms with Gasteiger partial charge < -0.3 is 21.6 Å². The third kappa shape index (κ3) is 2.54. The fourth-order valence-corrected chi connectivity index (χ4v) is 2.04. The second-order valence-electron chi connectivity index (χ2n) is 4.13. The van der Waals surface area contributed by atoms with E-state index in [1.807, 2.05) is 0 Å². The maximum absolute atomic E-state index is 12.3. The van der Waals surface area contributed by atoms with Gasteiger partial charge in [-0.1, -0.05) is 11.6 Å². The summed E-state index contributed by atoms with van der Waals surface area (Å²) in [6, 6.07) is 3.67. The molecule has 1 aromatic heterocycles. The van der Waals surface area contributed by atoms with Crippen molar-refractivity contribution in [2.45, 2.75) is 12.5 Å². The van der Waals surface area contributed by atoms with E-state index in [-0.39, 0.29) is 23.3 Å². The van der Waals surface area contributed by atoms with Crippen molar-refractivity contribution in [3.05, 3.63) is 39.0 Å². The van der Waals surface area contributed by atoms with Crippen LogP contribution in [0, 0.1) is 0 Å². The van der Waals surface area contributed by atoms with E-state index in [4.69, 9.17) is 33.2 Å². The van der Waals surface area contributed by atoms with E-state index in [9.17, 15) is 9.59 Å². The van der Waals surface area contributed by atoms with Gasteiger partial charge in [-0.3, -0.25) is 9.59 Å². The molecule has 0 aliphatic carbocycles. The molecule has 1 amide bonds. The number of fused-ring (bicyclic) bond motifs is 1. The highest BCUT2D eigenvalue weighted by molar-refractivity contribution is 6.31. The monoisotopic (exact) mass is 281 g/mol. The molecule has 6 N–H and O–H groups in total. The molecule has 7 heteroatoms. The topological polar surface area (TPSA) is 125 Å². The Kier molecular flexibility index (Phi) is 3.46. The SMILES string of the molecule is NC(=O)CC(N)c1c(N)oc2ccc(Cl)cc2c1=O. The van der Waals surface area contributed by atoms with Gasteiger partial charge in [0, 0.05) is 17.5 Å². The fourth-order valence-electron chi connectivity index (χ4n) is 1.87. The van der Waals surface area contributed by atoms with Crippen LogP contribution in [-0.4, -0.2) is 5.91 Å². The van der Waals surface area contributed by atoms with Crippen molar-refractivity contribution in [3.63, 3.8) is 0 Å². The molecule has 0 saturated heterocycles. The lowest BCUT2D eigenvalue weighted by atomic mass is 10.0. The lowest BCUT2D eigenvalue weighted by Gasteiger charge is -2.12. The van der Waals surface area contributed by atoms with Crippen molar-refractivity contribution in [2.24, 2.45) is 11.5 Å². The zero-order valence-electron chi connectivity index (χ0n) is 9.85. The third-order valence-corrected chi connectivity index (χ3v) is 2.94. The van der Waals surface area contributed by atoms with E-state index in [1.54, 1.807) is 12.1 Å². The average Bonchev–Trinajstić information content (AvgIpc) is 2.29. The number of hydrogen-bond donors (Lipinski definition) is 3. The third-order valence-electron chi connectivity index (χ3n) is 2.71. The standard InChI is InChI=1S/C12H12ClN3O3/c13-5-1-2-8-6(3-5)11(18)10(12(16)19-8)7(14)4-9(15)17/h1-3,7H,4,14,16H2,(H2,15,17). The number of amides is 1. The Hall–Kier alpha value is -2.05. The average molecular weight is 282 g/mol. The summed E-state index contributed by atoms with van der Waals surface area (Å²) < 4.78 is 5.32. The van der Waals surface area contributed by atoms with Crippen molar-refractivity contribution < 1.29 is 9.21 Å². The summed E-state index contributed by atoms with van der Waals surface area (Å²) in [7, 11) is 0. The molecule has 2 rings (SSSR count). The molecule has 100 valence electrons. The molecule has 1 aromatic carbocycles. The highest BCUT2D eigenvalue weighted by Gasteiger charge is 2.20. The van der Waals surface area contributed by atoms with E-state index in [0.717, 1.165) is 0 Å². The molecule has 1 heterocycles. The minimum absolute atomic E-state index is 0.0357. The van der Waals surface area contributed by atoms with Crippen LogP contribution in [0.5, 0.6) is 0 Å². The van der Waals surface area contributed by atoms with E-state index in [0.29, 0.717) is 10.6 Å². The van der Waals surface area contributed by atoms with Crippen LogP contribution in [0.1, 0.15) is 18.0 Å². The summed E-state index contributed by atoms with van der Waals surface area (Å²) >= 11 is 5.83. The number of anilines is 1. The van der Waals surface area contributed by atoms with Gasteiger partial charge in [-0.25, -0.2) is 0 Å². The Balaban J connectivity index is 2.68. The van der Waals surface area contributed by atoms with Gasteiger partial charge in [0.1, 0.15) is 5.58 Å². The lowest BCUT2D eigenvalue weighted by Crippen LogP contribution is -2.26. The quantitative estimate of drug-likeness (QED) is 0.771. The van der Waals surface area contributed by atoms with Gasteiger partial charge in [-0.05, 0) is 18.2 Å². The molecule has 6 nitrogen and oxygen atoms in total. The summed E-state index contributed by atoms with van der Waals surface area (Å²) in [6.45, 7) is 0. The zero-order chi connectivity index (χ0) is 14.2. The van der Waals surface area contributed by atoms with E-state index < -0.39 is 17.4 Å². The molecule has 19 heavy (non-hydrogen) atoms. The highest BCUT2D eigenvalue weighted by atomic mass is 35.5. The van der Waals surface area contributed by atoms with Gasteiger partial charge in [-0.15, -0.1) is 0 Å². The summed E-state index contributed by atoms with van der Waals surface area (Å²) in [5.41, 5.74) is 16.4. The number of carbonyl (C=O) groups is 1. The Morgan fingerprint density at radius 3 is 2.74 bits per heavy atom. The molecule has 1 unspecified atom stereocenters. The predicted molar refractivity (Wildman–Crippen MR) is 72.6 cm³/mol. The Labute approximate surface area is 113 Å². The molecule has 1 atom stereocenters. The van der Waals surface area contributed by atoms with E-state index >= 15 is 0 Å². The van der Waals surface area contributed by atoms with Gasteiger partial charge in [-0.2, -0.15) is 0 Å². The number of carbonyl (C=O) groups excluding carboxylic acids is 1. The number of nitrogens with two attached hydrogens (primary N) is 3. The number of primary amides is 1. The van der Waals surface area contributed by atoms with Crippen molar-refractivity contribution in [3.8, 4) is 0 Å². The van der Waals surface area contributed by atoms with Gasteiger partial charge >= 0.3 is 0 Å². The number of halogens is 1. The van der Waals surface area contributed by atoms with Crippen LogP contribution >= 0.6 is 11.6 Å². The van der Waals surface area contributed by atoms with Crippen LogP contribution in [0.3, 0.4) is 0 Å². The van der Waals surface area contributed by atoms with Gasteiger partial charge in [0.2, 0.25) is 5.91 Å². The van der Waals surface area contributed by atoms with Crippen LogP contribution in [0.15, 0.2) is 27.4 Å². The second-order valence-corrected chi connectivity index (χ2v) is 4.56. The van der Waals surface area contributed by atoms with Crippen molar-refractivity contribution >= 4 is 34.4 Å². The van der Waals surface area contributed by atoms with Crippen LogP contribution in [-0.2, 0) is 4.79 Å². The van der Waals surface area contributed by atoms with Crippen molar-refractivity contribution in [2.75, 3.05) is 5.73 Å². The lowest BCUT2D eigenvalue weighted by molar-refractivity contribution is -0.118. The Bertz CT molecular complexity index is 711. The van der Waals surface area contributed by atoms with Crippen LogP contribution in [0.25, 0.3) is 11.0 Å². The fraction of sp³-hybridized carbons (Fsp3) is 0.167. The van der Waals surface area contributed by atoms with E-state index in [1.165, 1.54) is 6.07 Å².